The summed E-state index contributed by atoms with van der Waals surface area (Å²) < 4.78 is 15.5. The molecule has 0 bridgehead atoms. The molecule has 2 heterocycles. The minimum Gasteiger partial charge on any atom is -0.510 e. The predicted octanol–water partition coefficient (Wildman–Crippen LogP) is 11.8. The van der Waals surface area contributed by atoms with Crippen molar-refractivity contribution in [3.63, 3.8) is 0 Å². The molecular weight excluding hydrogens is 803 g/mol. The smallest absolute Gasteiger partial charge is 0.510 e. The molecule has 0 fully saturated rings. The SMILES string of the molecule is C[Si](C)(C)c1ccc(-c2[c-]cccc2)nc1.[2H]C(C)(c1ccc(-c2ccccc2)cc1)c1cc[c-]c(-c2[c-]ccc3c2oc2ccccc23)c1.[Ir+3]. The van der Waals surface area contributed by atoms with Gasteiger partial charge in [-0.1, -0.05) is 117 Å². The second kappa shape index (κ2) is 15.4. The van der Waals surface area contributed by atoms with Gasteiger partial charge in [-0.2, -0.15) is 35.9 Å². The monoisotopic (exact) mass is 842 g/mol. The van der Waals surface area contributed by atoms with E-state index in [0.717, 1.165) is 61.0 Å². The average Bonchev–Trinajstić information content (AvgIpc) is 3.55. The van der Waals surface area contributed by atoms with Crippen LogP contribution in [0, 0.1) is 18.2 Å². The maximum Gasteiger partial charge on any atom is 3.00 e. The summed E-state index contributed by atoms with van der Waals surface area (Å²) in [5.74, 6) is -0.916. The van der Waals surface area contributed by atoms with E-state index in [2.05, 4.69) is 97.4 Å². The standard InChI is InChI=1S/C32H22O.C14H16NSi.Ir/c1-22(23-17-19-25(20-18-23)24-9-3-2-4-10-24)26-11-7-12-27(21-26)28-14-8-15-30-29-13-5-6-16-31(29)33-32(28)30;1-16(2,3)13-9-10-14(15-11-13)12-7-5-4-6-8-12;/h2-11,13,15-22H,1H3;4-7,9-11H,1-3H3;/q-2;-1;+3/i22D;;. The van der Waals surface area contributed by atoms with Crippen LogP contribution in [-0.4, -0.2) is 13.1 Å². The van der Waals surface area contributed by atoms with Crippen molar-refractivity contribution in [2.75, 3.05) is 0 Å². The van der Waals surface area contributed by atoms with Gasteiger partial charge in [0.1, 0.15) is 5.58 Å². The second-order valence-electron chi connectivity index (χ2n) is 13.2. The zero-order chi connectivity index (χ0) is 34.7. The number of nitrogens with zero attached hydrogens (tertiary/aromatic N) is 1. The molecule has 0 saturated heterocycles. The molecule has 1 unspecified atom stereocenters. The van der Waals surface area contributed by atoms with Crippen LogP contribution in [0.4, 0.5) is 0 Å². The molecule has 2 aromatic heterocycles. The van der Waals surface area contributed by atoms with Crippen molar-refractivity contribution in [3.8, 4) is 33.5 Å². The summed E-state index contributed by atoms with van der Waals surface area (Å²) in [7, 11) is -1.23. The van der Waals surface area contributed by atoms with Crippen LogP contribution in [0.5, 0.6) is 0 Å². The number of aromatic nitrogens is 1. The largest absolute Gasteiger partial charge is 3.00 e. The van der Waals surface area contributed by atoms with E-state index in [1.807, 2.05) is 104 Å². The van der Waals surface area contributed by atoms with Gasteiger partial charge in [-0.05, 0) is 39.5 Å². The molecule has 1 atom stereocenters. The fourth-order valence-electron chi connectivity index (χ4n) is 5.99. The first-order valence-corrected chi connectivity index (χ1v) is 20.1. The van der Waals surface area contributed by atoms with Crippen LogP contribution in [0.25, 0.3) is 55.4 Å². The normalized spacial score (nSPS) is 12.7. The zero-order valence-corrected chi connectivity index (χ0v) is 32.0. The molecular formula is C46H38IrNOSi. The molecule has 8 rings (SSSR count). The molecule has 0 spiro atoms. The number of fused-ring (bicyclic) bond motifs is 3. The maximum absolute atomic E-state index is 9.25. The van der Waals surface area contributed by atoms with E-state index >= 15 is 0 Å². The van der Waals surface area contributed by atoms with Gasteiger partial charge in [-0.3, -0.25) is 0 Å². The van der Waals surface area contributed by atoms with Gasteiger partial charge in [0.2, 0.25) is 0 Å². The molecule has 6 aromatic carbocycles. The summed E-state index contributed by atoms with van der Waals surface area (Å²) in [4.78, 5) is 4.52. The second-order valence-corrected chi connectivity index (χ2v) is 18.3. The number of pyridine rings is 1. The minimum absolute atomic E-state index is 0. The van der Waals surface area contributed by atoms with Crippen LogP contribution in [0.1, 0.15) is 25.3 Å². The van der Waals surface area contributed by atoms with Gasteiger partial charge in [0.25, 0.3) is 0 Å². The van der Waals surface area contributed by atoms with Crippen LogP contribution < -0.4 is 5.19 Å². The van der Waals surface area contributed by atoms with Crippen LogP contribution in [0.2, 0.25) is 19.6 Å². The Bertz CT molecular complexity index is 2360. The molecule has 246 valence electrons. The summed E-state index contributed by atoms with van der Waals surface area (Å²) in [6, 6.07) is 58.7. The van der Waals surface area contributed by atoms with Crippen molar-refractivity contribution in [1.29, 1.82) is 0 Å². The molecule has 0 aliphatic heterocycles. The van der Waals surface area contributed by atoms with E-state index in [0.29, 0.717) is 0 Å². The minimum atomic E-state index is -1.23. The molecule has 0 radical (unpaired) electrons. The summed E-state index contributed by atoms with van der Waals surface area (Å²) in [6.07, 6.45) is 2.02. The van der Waals surface area contributed by atoms with Gasteiger partial charge >= 0.3 is 20.1 Å². The van der Waals surface area contributed by atoms with E-state index in [9.17, 15) is 1.37 Å². The van der Waals surface area contributed by atoms with E-state index < -0.39 is 14.0 Å². The van der Waals surface area contributed by atoms with Gasteiger partial charge in [0.05, 0.1) is 8.07 Å². The topological polar surface area (TPSA) is 26.0 Å². The summed E-state index contributed by atoms with van der Waals surface area (Å²) in [5.41, 5.74) is 9.62. The van der Waals surface area contributed by atoms with Crippen molar-refractivity contribution in [3.05, 3.63) is 181 Å². The number of benzene rings is 6. The fourth-order valence-corrected chi connectivity index (χ4v) is 7.03. The number of rotatable bonds is 6. The van der Waals surface area contributed by atoms with Crippen molar-refractivity contribution < 1.29 is 25.9 Å². The van der Waals surface area contributed by atoms with E-state index in [-0.39, 0.29) is 20.1 Å². The Morgan fingerprint density at radius 1 is 0.640 bits per heavy atom. The van der Waals surface area contributed by atoms with Crippen molar-refractivity contribution in [2.45, 2.75) is 32.5 Å². The summed E-state index contributed by atoms with van der Waals surface area (Å²) >= 11 is 0. The van der Waals surface area contributed by atoms with E-state index in [1.165, 1.54) is 10.8 Å². The van der Waals surface area contributed by atoms with Crippen molar-refractivity contribution in [2.24, 2.45) is 0 Å². The fraction of sp³-hybridized carbons (Fsp3) is 0.109. The zero-order valence-electron chi connectivity index (χ0n) is 29.6. The molecule has 0 saturated carbocycles. The number of hydrogen-bond acceptors (Lipinski definition) is 2. The Morgan fingerprint density at radius 2 is 1.34 bits per heavy atom. The molecule has 2 nitrogen and oxygen atoms in total. The van der Waals surface area contributed by atoms with E-state index in [4.69, 9.17) is 4.42 Å². The third-order valence-corrected chi connectivity index (χ3v) is 10.9. The molecule has 50 heavy (non-hydrogen) atoms. The average molecular weight is 842 g/mol. The Morgan fingerprint density at radius 3 is 2.06 bits per heavy atom. The summed E-state index contributed by atoms with van der Waals surface area (Å²) in [6.45, 7) is 8.93. The Labute approximate surface area is 311 Å². The molecule has 8 aromatic rings. The molecule has 0 aliphatic carbocycles. The van der Waals surface area contributed by atoms with E-state index in [1.54, 1.807) is 0 Å². The Balaban J connectivity index is 0.000000222. The third kappa shape index (κ3) is 7.64. The van der Waals surface area contributed by atoms with Gasteiger partial charge in [-0.15, -0.1) is 53.6 Å². The van der Waals surface area contributed by atoms with Gasteiger partial charge in [0, 0.05) is 18.5 Å². The van der Waals surface area contributed by atoms with Crippen LogP contribution in [-0.2, 0) is 20.1 Å². The maximum atomic E-state index is 9.25. The first-order valence-electron chi connectivity index (χ1n) is 17.1. The molecule has 4 heteroatoms. The molecule has 0 aliphatic rings. The Kier molecular flexibility index (Phi) is 10.3. The van der Waals surface area contributed by atoms with Crippen molar-refractivity contribution in [1.82, 2.24) is 4.98 Å². The van der Waals surface area contributed by atoms with Crippen LogP contribution in [0.15, 0.2) is 156 Å². The molecule has 0 amide bonds. The third-order valence-electron chi connectivity index (χ3n) is 8.88. The first kappa shape index (κ1) is 33.6. The number of hydrogen-bond donors (Lipinski definition) is 0. The van der Waals surface area contributed by atoms with Gasteiger partial charge in [0.15, 0.2) is 0 Å². The van der Waals surface area contributed by atoms with Gasteiger partial charge < -0.3 is 9.40 Å². The van der Waals surface area contributed by atoms with Crippen molar-refractivity contribution >= 4 is 35.2 Å². The first-order chi connectivity index (χ1) is 24.2. The van der Waals surface area contributed by atoms with Crippen LogP contribution >= 0.6 is 0 Å². The Hall–Kier alpha value is -4.86. The molecule has 0 N–H and O–H groups in total. The van der Waals surface area contributed by atoms with Crippen LogP contribution in [0.3, 0.4) is 0 Å². The number of para-hydroxylation sites is 1. The summed E-state index contributed by atoms with van der Waals surface area (Å²) in [5, 5.41) is 3.55. The van der Waals surface area contributed by atoms with Gasteiger partial charge in [-0.25, -0.2) is 5.56 Å². The predicted molar refractivity (Wildman–Crippen MR) is 208 cm³/mol. The quantitative estimate of drug-likeness (QED) is 0.123. The number of furan rings is 1.